The Hall–Kier alpha value is -8.14. The van der Waals surface area contributed by atoms with Gasteiger partial charge in [0.2, 0.25) is 0 Å². The number of rotatable bonds is 6. The lowest BCUT2D eigenvalue weighted by molar-refractivity contribution is 0.660. The highest BCUT2D eigenvalue weighted by molar-refractivity contribution is 6.09. The van der Waals surface area contributed by atoms with Gasteiger partial charge in [-0.3, -0.25) is 0 Å². The lowest BCUT2D eigenvalue weighted by Crippen LogP contribution is -2.17. The van der Waals surface area contributed by atoms with E-state index in [2.05, 4.69) is 230 Å². The first-order chi connectivity index (χ1) is 31.5. The van der Waals surface area contributed by atoms with Gasteiger partial charge in [-0.1, -0.05) is 153 Å². The third-order valence-corrected chi connectivity index (χ3v) is 13.8. The summed E-state index contributed by atoms with van der Waals surface area (Å²) in [6.07, 6.45) is 0. The number of furan rings is 1. The van der Waals surface area contributed by atoms with Gasteiger partial charge < -0.3 is 13.9 Å². The predicted octanol–water partition coefficient (Wildman–Crippen LogP) is 16.9. The van der Waals surface area contributed by atoms with Crippen LogP contribution in [-0.2, 0) is 5.41 Å². The summed E-state index contributed by atoms with van der Waals surface area (Å²) in [4.78, 5) is 2.41. The van der Waals surface area contributed by atoms with E-state index in [0.29, 0.717) is 0 Å². The largest absolute Gasteiger partial charge is 0.456 e. The topological polar surface area (TPSA) is 21.3 Å². The highest BCUT2D eigenvalue weighted by Gasteiger charge is 2.36. The Kier molecular flexibility index (Phi) is 7.95. The van der Waals surface area contributed by atoms with Gasteiger partial charge in [0.1, 0.15) is 11.2 Å². The van der Waals surface area contributed by atoms with Crippen LogP contribution in [0.25, 0.3) is 93.6 Å². The Morgan fingerprint density at radius 2 is 0.922 bits per heavy atom. The quantitative estimate of drug-likeness (QED) is 0.167. The molecular weight excluding hydrogens is 777 g/mol. The fraction of sp³-hybridized carbons (Fsp3) is 0.0492. The number of fused-ring (bicyclic) bond motifs is 10. The van der Waals surface area contributed by atoms with Crippen LogP contribution in [0.1, 0.15) is 25.0 Å². The van der Waals surface area contributed by atoms with E-state index in [1.807, 2.05) is 12.1 Å². The molecular formula is C61H42N2O. The molecule has 0 N–H and O–H groups in total. The van der Waals surface area contributed by atoms with Gasteiger partial charge >= 0.3 is 0 Å². The molecule has 0 bridgehead atoms. The Labute approximate surface area is 371 Å². The van der Waals surface area contributed by atoms with Crippen LogP contribution in [0.5, 0.6) is 0 Å². The van der Waals surface area contributed by atoms with Crippen molar-refractivity contribution in [3.63, 3.8) is 0 Å². The minimum absolute atomic E-state index is 0.237. The zero-order valence-electron chi connectivity index (χ0n) is 35.6. The van der Waals surface area contributed by atoms with E-state index in [0.717, 1.165) is 50.1 Å². The van der Waals surface area contributed by atoms with Crippen LogP contribution in [-0.4, -0.2) is 4.57 Å². The van der Waals surface area contributed by atoms with Gasteiger partial charge in [0, 0.05) is 49.7 Å². The third kappa shape index (κ3) is 5.54. The lowest BCUT2D eigenvalue weighted by Gasteiger charge is -2.28. The summed E-state index contributed by atoms with van der Waals surface area (Å²) in [5.41, 5.74) is 18.6. The van der Waals surface area contributed by atoms with E-state index in [1.54, 1.807) is 0 Å². The summed E-state index contributed by atoms with van der Waals surface area (Å²) < 4.78 is 8.59. The monoisotopic (exact) mass is 818 g/mol. The molecule has 0 saturated carbocycles. The molecule has 2 aromatic heterocycles. The van der Waals surface area contributed by atoms with Gasteiger partial charge in [0.05, 0.1) is 11.0 Å². The maximum absolute atomic E-state index is 6.16. The zero-order chi connectivity index (χ0) is 42.5. The molecule has 0 aliphatic heterocycles. The highest BCUT2D eigenvalue weighted by atomic mass is 16.3. The number of hydrogen-bond acceptors (Lipinski definition) is 2. The maximum atomic E-state index is 6.16. The van der Waals surface area contributed by atoms with Crippen LogP contribution in [0.15, 0.2) is 223 Å². The number of hydrogen-bond donors (Lipinski definition) is 0. The van der Waals surface area contributed by atoms with Crippen LogP contribution in [0.4, 0.5) is 17.1 Å². The minimum atomic E-state index is -0.237. The molecule has 13 rings (SSSR count). The average molecular weight is 819 g/mol. The standard InChI is InChI=1S/C61H42N2O/c1-61(2)55-37-45(31-33-49(55)50-34-32-46(38-56(50)61)63-57-19-8-5-15-51(57)52-16-6-9-20-58(52)63)62(44-29-24-41(25-30-44)48-18-11-13-40-12-3-4-14-47(40)48)43-27-22-39(23-28-43)42-26-35-60-54(36-42)53-17-7-10-21-59(53)64-60/h3-38H,1-2H3. The molecule has 3 heteroatoms. The molecule has 0 saturated heterocycles. The summed E-state index contributed by atoms with van der Waals surface area (Å²) in [5.74, 6) is 0. The molecule has 10 aromatic carbocycles. The average Bonchev–Trinajstić information content (AvgIpc) is 3.96. The predicted molar refractivity (Wildman–Crippen MR) is 269 cm³/mol. The van der Waals surface area contributed by atoms with Gasteiger partial charge in [0.15, 0.2) is 0 Å². The third-order valence-electron chi connectivity index (χ3n) is 13.8. The van der Waals surface area contributed by atoms with Crippen LogP contribution in [0.3, 0.4) is 0 Å². The molecule has 3 nitrogen and oxygen atoms in total. The minimum Gasteiger partial charge on any atom is -0.456 e. The maximum Gasteiger partial charge on any atom is 0.135 e. The summed E-state index contributed by atoms with van der Waals surface area (Å²) in [5, 5.41) is 7.32. The molecule has 12 aromatic rings. The van der Waals surface area contributed by atoms with Crippen molar-refractivity contribution in [3.05, 3.63) is 230 Å². The van der Waals surface area contributed by atoms with Crippen molar-refractivity contribution in [1.29, 1.82) is 0 Å². The second-order valence-corrected chi connectivity index (χ2v) is 17.7. The SMILES string of the molecule is CC1(C)c2cc(N(c3ccc(-c4ccc5oc6ccccc6c5c4)cc3)c3ccc(-c4cccc5ccccc45)cc3)ccc2-c2ccc(-n3c4ccccc4c4ccccc43)cc21. The van der Waals surface area contributed by atoms with Crippen LogP contribution < -0.4 is 4.90 Å². The number of aromatic nitrogens is 1. The van der Waals surface area contributed by atoms with E-state index in [4.69, 9.17) is 4.42 Å². The van der Waals surface area contributed by atoms with Crippen molar-refractivity contribution in [1.82, 2.24) is 4.57 Å². The fourth-order valence-electron chi connectivity index (χ4n) is 10.6. The highest BCUT2D eigenvalue weighted by Crippen LogP contribution is 2.52. The first kappa shape index (κ1) is 36.5. The van der Waals surface area contributed by atoms with Gasteiger partial charge in [0.25, 0.3) is 0 Å². The zero-order valence-corrected chi connectivity index (χ0v) is 35.6. The van der Waals surface area contributed by atoms with Crippen molar-refractivity contribution in [2.75, 3.05) is 4.90 Å². The number of nitrogens with zero attached hydrogens (tertiary/aromatic N) is 2. The summed E-state index contributed by atoms with van der Waals surface area (Å²) in [6, 6.07) is 79.8. The van der Waals surface area contributed by atoms with Crippen molar-refractivity contribution < 1.29 is 4.42 Å². The van der Waals surface area contributed by atoms with E-state index < -0.39 is 0 Å². The summed E-state index contributed by atoms with van der Waals surface area (Å²) in [6.45, 7) is 4.77. The molecule has 302 valence electrons. The molecule has 0 amide bonds. The van der Waals surface area contributed by atoms with E-state index >= 15 is 0 Å². The molecule has 0 fully saturated rings. The lowest BCUT2D eigenvalue weighted by atomic mass is 9.82. The number of benzene rings is 10. The Balaban J connectivity index is 0.917. The van der Waals surface area contributed by atoms with E-state index in [9.17, 15) is 0 Å². The van der Waals surface area contributed by atoms with Crippen molar-refractivity contribution >= 4 is 71.6 Å². The molecule has 64 heavy (non-hydrogen) atoms. The summed E-state index contributed by atoms with van der Waals surface area (Å²) >= 11 is 0. The van der Waals surface area contributed by atoms with Crippen molar-refractivity contribution in [3.8, 4) is 39.1 Å². The molecule has 0 radical (unpaired) electrons. The molecule has 2 heterocycles. The van der Waals surface area contributed by atoms with Crippen LogP contribution in [0.2, 0.25) is 0 Å². The fourth-order valence-corrected chi connectivity index (χ4v) is 10.6. The van der Waals surface area contributed by atoms with Crippen LogP contribution in [0, 0.1) is 0 Å². The van der Waals surface area contributed by atoms with Gasteiger partial charge in [-0.15, -0.1) is 0 Å². The van der Waals surface area contributed by atoms with Crippen molar-refractivity contribution in [2.45, 2.75) is 19.3 Å². The van der Waals surface area contributed by atoms with E-state index in [-0.39, 0.29) is 5.41 Å². The first-order valence-corrected chi connectivity index (χ1v) is 22.2. The van der Waals surface area contributed by atoms with E-state index in [1.165, 1.54) is 71.6 Å². The van der Waals surface area contributed by atoms with Gasteiger partial charge in [-0.05, 0) is 134 Å². The smallest absolute Gasteiger partial charge is 0.135 e. The van der Waals surface area contributed by atoms with Gasteiger partial charge in [-0.2, -0.15) is 0 Å². The number of para-hydroxylation sites is 3. The normalized spacial score (nSPS) is 13.0. The molecule has 0 atom stereocenters. The molecule has 1 aliphatic carbocycles. The summed E-state index contributed by atoms with van der Waals surface area (Å²) in [7, 11) is 0. The van der Waals surface area contributed by atoms with Gasteiger partial charge in [-0.25, -0.2) is 0 Å². The second-order valence-electron chi connectivity index (χ2n) is 17.7. The Morgan fingerprint density at radius 3 is 1.66 bits per heavy atom. The Bertz CT molecular complexity index is 3750. The molecule has 0 spiro atoms. The Morgan fingerprint density at radius 1 is 0.375 bits per heavy atom. The molecule has 0 unspecified atom stereocenters. The first-order valence-electron chi connectivity index (χ1n) is 22.2. The van der Waals surface area contributed by atoms with Crippen LogP contribution >= 0.6 is 0 Å². The number of anilines is 3. The van der Waals surface area contributed by atoms with Crippen molar-refractivity contribution in [2.24, 2.45) is 0 Å². The molecule has 1 aliphatic rings. The second kappa shape index (κ2) is 13.9.